The quantitative estimate of drug-likeness (QED) is 0.821. The van der Waals surface area contributed by atoms with Crippen molar-refractivity contribution in [3.8, 4) is 0 Å². The van der Waals surface area contributed by atoms with E-state index < -0.39 is 0 Å². The molecule has 2 aliphatic carbocycles. The molecule has 0 aromatic carbocycles. The Morgan fingerprint density at radius 3 is 2.42 bits per heavy atom. The zero-order valence-electron chi connectivity index (χ0n) is 12.6. The standard InChI is InChI=1S/C16H30N2O/c1-13-8-4-5-9-14(13)18-15(19)12-16(17-2)10-6-3-7-11-16/h13-14,17H,3-12H2,1-2H3,(H,18,19). The summed E-state index contributed by atoms with van der Waals surface area (Å²) < 4.78 is 0. The van der Waals surface area contributed by atoms with E-state index in [4.69, 9.17) is 0 Å². The van der Waals surface area contributed by atoms with Gasteiger partial charge in [0, 0.05) is 18.0 Å². The van der Waals surface area contributed by atoms with Gasteiger partial charge >= 0.3 is 0 Å². The van der Waals surface area contributed by atoms with Crippen LogP contribution in [0.5, 0.6) is 0 Å². The third-order valence-corrected chi connectivity index (χ3v) is 5.30. The maximum absolute atomic E-state index is 12.3. The smallest absolute Gasteiger partial charge is 0.222 e. The summed E-state index contributed by atoms with van der Waals surface area (Å²) >= 11 is 0. The summed E-state index contributed by atoms with van der Waals surface area (Å²) in [5.74, 6) is 0.907. The molecule has 0 aliphatic heterocycles. The molecule has 2 N–H and O–H groups in total. The van der Waals surface area contributed by atoms with E-state index in [1.54, 1.807) is 0 Å². The van der Waals surface area contributed by atoms with E-state index in [1.807, 2.05) is 7.05 Å². The predicted octanol–water partition coefficient (Wildman–Crippen LogP) is 2.99. The molecule has 0 aromatic rings. The van der Waals surface area contributed by atoms with E-state index >= 15 is 0 Å². The minimum atomic E-state index is 0.0697. The number of carbonyl (C=O) groups excluding carboxylic acids is 1. The van der Waals surface area contributed by atoms with Crippen molar-refractivity contribution in [2.45, 2.75) is 82.7 Å². The summed E-state index contributed by atoms with van der Waals surface area (Å²) in [7, 11) is 2.02. The van der Waals surface area contributed by atoms with E-state index in [-0.39, 0.29) is 11.4 Å². The average molecular weight is 266 g/mol. The summed E-state index contributed by atoms with van der Waals surface area (Å²) in [5.41, 5.74) is 0.0697. The van der Waals surface area contributed by atoms with Gasteiger partial charge in [0.15, 0.2) is 0 Å². The second kappa shape index (κ2) is 6.74. The van der Waals surface area contributed by atoms with Crippen molar-refractivity contribution < 1.29 is 4.79 Å². The Labute approximate surface area is 117 Å². The Morgan fingerprint density at radius 2 is 1.79 bits per heavy atom. The van der Waals surface area contributed by atoms with Crippen molar-refractivity contribution in [1.29, 1.82) is 0 Å². The van der Waals surface area contributed by atoms with Crippen molar-refractivity contribution in [3.05, 3.63) is 0 Å². The molecule has 0 bridgehead atoms. The van der Waals surface area contributed by atoms with Crippen LogP contribution >= 0.6 is 0 Å². The molecule has 110 valence electrons. The van der Waals surface area contributed by atoms with Gasteiger partial charge in [-0.2, -0.15) is 0 Å². The zero-order chi connectivity index (χ0) is 13.7. The van der Waals surface area contributed by atoms with Crippen LogP contribution in [-0.4, -0.2) is 24.5 Å². The highest BCUT2D eigenvalue weighted by Crippen LogP contribution is 2.31. The third kappa shape index (κ3) is 3.95. The first kappa shape index (κ1) is 14.8. The largest absolute Gasteiger partial charge is 0.353 e. The van der Waals surface area contributed by atoms with Gasteiger partial charge in [0.05, 0.1) is 0 Å². The van der Waals surface area contributed by atoms with Crippen molar-refractivity contribution in [1.82, 2.24) is 10.6 Å². The Morgan fingerprint density at radius 1 is 1.11 bits per heavy atom. The van der Waals surface area contributed by atoms with Crippen LogP contribution in [0.1, 0.15) is 71.1 Å². The van der Waals surface area contributed by atoms with E-state index in [2.05, 4.69) is 17.6 Å². The van der Waals surface area contributed by atoms with Gasteiger partial charge in [0.2, 0.25) is 5.91 Å². The van der Waals surface area contributed by atoms with E-state index in [0.29, 0.717) is 18.4 Å². The highest BCUT2D eigenvalue weighted by atomic mass is 16.1. The maximum atomic E-state index is 12.3. The average Bonchev–Trinajstić information content (AvgIpc) is 2.42. The molecule has 19 heavy (non-hydrogen) atoms. The lowest BCUT2D eigenvalue weighted by molar-refractivity contribution is -0.124. The van der Waals surface area contributed by atoms with Gasteiger partial charge in [-0.1, -0.05) is 39.0 Å². The Kier molecular flexibility index (Phi) is 5.26. The molecule has 2 atom stereocenters. The Balaban J connectivity index is 1.85. The second-order valence-corrected chi connectivity index (χ2v) is 6.70. The lowest BCUT2D eigenvalue weighted by Crippen LogP contribution is -2.50. The fourth-order valence-electron chi connectivity index (χ4n) is 3.84. The fourth-order valence-corrected chi connectivity index (χ4v) is 3.84. The second-order valence-electron chi connectivity index (χ2n) is 6.70. The SMILES string of the molecule is CNC1(CC(=O)NC2CCCCC2C)CCCCC1. The molecule has 0 heterocycles. The highest BCUT2D eigenvalue weighted by Gasteiger charge is 2.33. The lowest BCUT2D eigenvalue weighted by Gasteiger charge is -2.38. The van der Waals surface area contributed by atoms with Crippen molar-refractivity contribution in [2.24, 2.45) is 5.92 Å². The summed E-state index contributed by atoms with van der Waals surface area (Å²) in [6.45, 7) is 2.28. The van der Waals surface area contributed by atoms with Crippen LogP contribution in [0.3, 0.4) is 0 Å². The highest BCUT2D eigenvalue weighted by molar-refractivity contribution is 5.77. The number of hydrogen-bond acceptors (Lipinski definition) is 2. The Bertz CT molecular complexity index is 297. The van der Waals surface area contributed by atoms with Gasteiger partial charge in [-0.05, 0) is 38.6 Å². The van der Waals surface area contributed by atoms with Crippen molar-refractivity contribution >= 4 is 5.91 Å². The van der Waals surface area contributed by atoms with Gasteiger partial charge in [-0.15, -0.1) is 0 Å². The van der Waals surface area contributed by atoms with Crippen LogP contribution in [0.4, 0.5) is 0 Å². The van der Waals surface area contributed by atoms with Gasteiger partial charge in [-0.3, -0.25) is 4.79 Å². The Hall–Kier alpha value is -0.570. The molecule has 2 aliphatic rings. The van der Waals surface area contributed by atoms with Gasteiger partial charge in [-0.25, -0.2) is 0 Å². The first-order chi connectivity index (χ1) is 9.15. The van der Waals surface area contributed by atoms with Crippen molar-refractivity contribution in [2.75, 3.05) is 7.05 Å². The van der Waals surface area contributed by atoms with Crippen LogP contribution in [0.2, 0.25) is 0 Å². The predicted molar refractivity (Wildman–Crippen MR) is 79.1 cm³/mol. The van der Waals surface area contributed by atoms with Crippen LogP contribution in [0.15, 0.2) is 0 Å². The summed E-state index contributed by atoms with van der Waals surface area (Å²) in [4.78, 5) is 12.3. The number of hydrogen-bond donors (Lipinski definition) is 2. The molecule has 2 unspecified atom stereocenters. The molecule has 2 saturated carbocycles. The van der Waals surface area contributed by atoms with E-state index in [9.17, 15) is 4.79 Å². The summed E-state index contributed by atoms with van der Waals surface area (Å²) in [6.07, 6.45) is 11.8. The molecule has 0 aromatic heterocycles. The lowest BCUT2D eigenvalue weighted by atomic mass is 9.79. The van der Waals surface area contributed by atoms with Crippen LogP contribution < -0.4 is 10.6 Å². The van der Waals surface area contributed by atoms with Gasteiger partial charge in [0.25, 0.3) is 0 Å². The monoisotopic (exact) mass is 266 g/mol. The first-order valence-electron chi connectivity index (χ1n) is 8.13. The number of amides is 1. The van der Waals surface area contributed by atoms with Crippen LogP contribution in [-0.2, 0) is 4.79 Å². The number of nitrogens with one attached hydrogen (secondary N) is 2. The summed E-state index contributed by atoms with van der Waals surface area (Å²) in [6, 6.07) is 0.416. The van der Waals surface area contributed by atoms with E-state index in [1.165, 1.54) is 44.9 Å². The molecule has 0 saturated heterocycles. The fraction of sp³-hybridized carbons (Fsp3) is 0.938. The third-order valence-electron chi connectivity index (χ3n) is 5.30. The van der Waals surface area contributed by atoms with Crippen LogP contribution in [0.25, 0.3) is 0 Å². The molecule has 3 nitrogen and oxygen atoms in total. The summed E-state index contributed by atoms with van der Waals surface area (Å²) in [5, 5.41) is 6.73. The molecule has 3 heteroatoms. The van der Waals surface area contributed by atoms with Crippen LogP contribution in [0, 0.1) is 5.92 Å². The molecular formula is C16H30N2O. The van der Waals surface area contributed by atoms with Crippen molar-refractivity contribution in [3.63, 3.8) is 0 Å². The molecule has 2 fully saturated rings. The van der Waals surface area contributed by atoms with Gasteiger partial charge in [0.1, 0.15) is 0 Å². The molecule has 2 rings (SSSR count). The topological polar surface area (TPSA) is 41.1 Å². The molecule has 1 amide bonds. The van der Waals surface area contributed by atoms with Gasteiger partial charge < -0.3 is 10.6 Å². The maximum Gasteiger partial charge on any atom is 0.222 e. The van der Waals surface area contributed by atoms with E-state index in [0.717, 1.165) is 12.8 Å². The normalized spacial score (nSPS) is 30.8. The molecular weight excluding hydrogens is 236 g/mol. The first-order valence-corrected chi connectivity index (χ1v) is 8.13. The molecule has 0 spiro atoms. The zero-order valence-corrected chi connectivity index (χ0v) is 12.6. The minimum absolute atomic E-state index is 0.0697. The number of carbonyl (C=O) groups is 1. The molecule has 0 radical (unpaired) electrons. The minimum Gasteiger partial charge on any atom is -0.353 e. The number of rotatable bonds is 4.